The Balaban J connectivity index is 0.000000515. The van der Waals surface area contributed by atoms with Gasteiger partial charge in [0.25, 0.3) is 23.0 Å². The van der Waals surface area contributed by atoms with E-state index in [4.69, 9.17) is 41.0 Å². The highest BCUT2D eigenvalue weighted by Crippen LogP contribution is 2.40. The van der Waals surface area contributed by atoms with Crippen LogP contribution < -0.4 is 43.0 Å². The van der Waals surface area contributed by atoms with Crippen molar-refractivity contribution in [1.82, 2.24) is 15.5 Å². The monoisotopic (exact) mass is 1180 g/mol. The maximum atomic E-state index is 13.2. The van der Waals surface area contributed by atoms with E-state index in [0.29, 0.717) is 39.9 Å². The van der Waals surface area contributed by atoms with E-state index < -0.39 is 29.9 Å². The number of nitrogens with zero attached hydrogens (tertiary/aromatic N) is 3. The second-order valence-corrected chi connectivity index (χ2v) is 17.0. The first-order valence-electron chi connectivity index (χ1n) is 22.4. The van der Waals surface area contributed by atoms with Crippen LogP contribution in [0.3, 0.4) is 0 Å². The van der Waals surface area contributed by atoms with Crippen molar-refractivity contribution in [3.05, 3.63) is 164 Å². The summed E-state index contributed by atoms with van der Waals surface area (Å²) < 4.78 is 58.5. The van der Waals surface area contributed by atoms with E-state index in [-0.39, 0.29) is 35.2 Å². The van der Waals surface area contributed by atoms with Crippen molar-refractivity contribution in [2.45, 2.75) is 58.8 Å². The van der Waals surface area contributed by atoms with Crippen molar-refractivity contribution in [1.29, 1.82) is 0 Å². The Hall–Kier alpha value is -6.99. The van der Waals surface area contributed by atoms with Gasteiger partial charge in [-0.3, -0.25) is 29.1 Å². The maximum absolute atomic E-state index is 13.2. The lowest BCUT2D eigenvalue weighted by molar-refractivity contribution is -0.129. The zero-order valence-electron chi connectivity index (χ0n) is 41.3. The third kappa shape index (κ3) is 23.3. The van der Waals surface area contributed by atoms with Gasteiger partial charge in [-0.25, -0.2) is 4.99 Å². The Bertz CT molecular complexity index is 2640. The molecule has 0 radical (unpaired) electrons. The molecular weight excluding hydrogens is 1120 g/mol. The zero-order valence-corrected chi connectivity index (χ0v) is 45.2. The molecule has 0 spiro atoms. The van der Waals surface area contributed by atoms with Crippen molar-refractivity contribution in [3.63, 3.8) is 0 Å². The summed E-state index contributed by atoms with van der Waals surface area (Å²) in [7, 11) is 3.03. The van der Waals surface area contributed by atoms with Crippen LogP contribution in [0.25, 0.3) is 0 Å². The molecule has 0 saturated heterocycles. The number of carbonyl (C=O) groups excluding carboxylic acids is 4. The van der Waals surface area contributed by atoms with Crippen LogP contribution in [-0.4, -0.2) is 86.7 Å². The van der Waals surface area contributed by atoms with Crippen LogP contribution in [0.2, 0.25) is 0 Å². The molecule has 1 heterocycles. The molecule has 0 aliphatic carbocycles. The number of benzene rings is 5. The Morgan fingerprint density at radius 2 is 1.16 bits per heavy atom. The van der Waals surface area contributed by atoms with Crippen molar-refractivity contribution in [2.24, 2.45) is 32.9 Å². The van der Waals surface area contributed by atoms with Crippen LogP contribution in [0.15, 0.2) is 140 Å². The topological polar surface area (TPSA) is 243 Å². The fourth-order valence-electron chi connectivity index (χ4n) is 5.60. The summed E-state index contributed by atoms with van der Waals surface area (Å²) in [6.45, 7) is 2.34. The molecule has 74 heavy (non-hydrogen) atoms. The average Bonchev–Trinajstić information content (AvgIpc) is 3.62. The van der Waals surface area contributed by atoms with Gasteiger partial charge in [0, 0.05) is 58.4 Å². The molecule has 398 valence electrons. The van der Waals surface area contributed by atoms with E-state index in [9.17, 15) is 36.7 Å². The number of amides is 3. The largest absolute Gasteiger partial charge is 0.435 e. The van der Waals surface area contributed by atoms with Crippen LogP contribution >= 0.6 is 43.5 Å². The van der Waals surface area contributed by atoms with E-state index >= 15 is 0 Å². The molecule has 0 bridgehead atoms. The molecule has 6 rings (SSSR count). The fourth-order valence-corrected chi connectivity index (χ4v) is 6.52. The Morgan fingerprint density at radius 3 is 1.51 bits per heavy atom. The first kappa shape index (κ1) is 65.0. The molecule has 1 atom stereocenters. The van der Waals surface area contributed by atoms with Gasteiger partial charge < -0.3 is 43.0 Å². The number of nitrogens with one attached hydrogen (secondary N) is 2. The van der Waals surface area contributed by atoms with Gasteiger partial charge in [0.05, 0.1) is 0 Å². The van der Waals surface area contributed by atoms with Crippen molar-refractivity contribution < 1.29 is 46.2 Å². The third-order valence-electron chi connectivity index (χ3n) is 9.28. The summed E-state index contributed by atoms with van der Waals surface area (Å²) in [5, 5.41) is 5.18. The number of hydrogen-bond acceptors (Lipinski definition) is 10. The van der Waals surface area contributed by atoms with E-state index in [0.717, 1.165) is 41.3 Å². The Morgan fingerprint density at radius 1 is 0.743 bits per heavy atom. The number of ether oxygens (including phenoxy) is 2. The zero-order chi connectivity index (χ0) is 55.8. The summed E-state index contributed by atoms with van der Waals surface area (Å²) in [6.07, 6.45) is 7.90. The second-order valence-electron chi connectivity index (χ2n) is 14.8. The molecule has 0 fully saturated rings. The molecule has 1 aliphatic rings. The van der Waals surface area contributed by atoms with Gasteiger partial charge in [-0.15, -0.1) is 6.42 Å². The highest BCUT2D eigenvalue weighted by atomic mass is 79.9. The summed E-state index contributed by atoms with van der Waals surface area (Å²) in [5.41, 5.74) is 22.1. The number of terminal acetylenes is 1. The molecule has 15 nitrogen and oxygen atoms in total. The van der Waals surface area contributed by atoms with Gasteiger partial charge in [0.15, 0.2) is 17.5 Å². The summed E-state index contributed by atoms with van der Waals surface area (Å²) in [5.74, 6) is 1.86. The first-order valence-corrected chi connectivity index (χ1v) is 24.4. The molecule has 22 heteroatoms. The number of halogens is 7. The van der Waals surface area contributed by atoms with Crippen LogP contribution in [0.5, 0.6) is 11.5 Å². The lowest BCUT2D eigenvalue weighted by Gasteiger charge is -2.26. The van der Waals surface area contributed by atoms with E-state index in [1.54, 1.807) is 48.5 Å². The van der Waals surface area contributed by atoms with Crippen LogP contribution in [-0.2, 0) is 10.3 Å². The first-order chi connectivity index (χ1) is 35.1. The van der Waals surface area contributed by atoms with E-state index in [2.05, 4.69) is 74.8 Å². The van der Waals surface area contributed by atoms with Crippen LogP contribution in [0.1, 0.15) is 87.8 Å². The second kappa shape index (κ2) is 35.2. The highest BCUT2D eigenvalue weighted by molar-refractivity contribution is 9.10. The minimum absolute atomic E-state index is 0.00810. The molecule has 1 aliphatic heterocycles. The minimum atomic E-state index is -2.96. The number of likely N-dealkylation sites (N-methyl/N-ethyl adjacent to an activating group) is 1. The number of alkyl halides is 4. The molecular formula is C52H60Br2ClF4N9O6. The predicted octanol–water partition coefficient (Wildman–Crippen LogP) is 9.39. The number of hydrogen-bond donors (Lipinski definition) is 6. The van der Waals surface area contributed by atoms with Gasteiger partial charge >= 0.3 is 13.2 Å². The number of nitrogens with two attached hydrogens (primary N) is 4. The number of guanidine groups is 2. The molecule has 0 saturated carbocycles. The minimum Gasteiger partial charge on any atom is -0.435 e. The van der Waals surface area contributed by atoms with Gasteiger partial charge in [-0.1, -0.05) is 101 Å². The standard InChI is InChI=1S/C21H22F2N4O3.C10H12BrNO.C9H6F2O.C7H4BrClO.C3H9N.C2H7N3/c1-3-11-25-17(28)13-5-4-6-15(12-13)21(18(29)27(2)20(24)26-21)14-7-9-16(10-8-14)30-19(22)23;1-2-6-12-10(13)8-4-3-5-9(11)7-8;1-2-7-3-5-8(6-4-7)12-9(10)11;8-6-3-1-2-5(4-6)7(9)10;1-2-3-4;1-5-2(3)4/h4-10,12,19H,3,11H2,1-2H3,(H2,24,26)(H,25,28);3-5,7H,2,6H2,1H3,(H,12,13);1,3-6,9H;1-4H;2-4H2,1H3;1H3,(H4,3,4,5). The molecule has 10 N–H and O–H groups in total. The summed E-state index contributed by atoms with van der Waals surface area (Å²) in [4.78, 5) is 56.6. The van der Waals surface area contributed by atoms with Gasteiger partial charge in [0.1, 0.15) is 11.5 Å². The van der Waals surface area contributed by atoms with Crippen molar-refractivity contribution in [3.8, 4) is 23.8 Å². The Labute approximate surface area is 450 Å². The third-order valence-corrected chi connectivity index (χ3v) is 10.5. The lowest BCUT2D eigenvalue weighted by Crippen LogP contribution is -2.41. The quantitative estimate of drug-likeness (QED) is 0.0202. The van der Waals surface area contributed by atoms with Crippen molar-refractivity contribution >= 4 is 78.3 Å². The smallest absolute Gasteiger partial charge is 0.387 e. The number of carbonyl (C=O) groups is 4. The molecule has 5 aromatic rings. The van der Waals surface area contributed by atoms with Crippen LogP contribution in [0, 0.1) is 12.3 Å². The average molecular weight is 1180 g/mol. The summed E-state index contributed by atoms with van der Waals surface area (Å²) >= 11 is 11.8. The van der Waals surface area contributed by atoms with Gasteiger partial charge in [-0.2, -0.15) is 17.6 Å². The summed E-state index contributed by atoms with van der Waals surface area (Å²) in [6, 6.07) is 32.4. The van der Waals surface area contributed by atoms with Crippen molar-refractivity contribution in [2.75, 3.05) is 33.7 Å². The number of aliphatic imine (C=N–C) groups is 2. The van der Waals surface area contributed by atoms with E-state index in [1.165, 1.54) is 67.5 Å². The van der Waals surface area contributed by atoms with E-state index in [1.807, 2.05) is 38.1 Å². The normalized spacial score (nSPS) is 12.9. The molecule has 0 aromatic heterocycles. The molecule has 5 aromatic carbocycles. The maximum Gasteiger partial charge on any atom is 0.387 e. The SMILES string of the molecule is C#Cc1ccc(OC(F)F)cc1.CCCN.CCCNC(=O)c1cccc(Br)c1.CCCNC(=O)c1cccc(C2(c3ccc(OC(F)F)cc3)N=C(N)N(C)C2=O)c1.CN=C(N)N.O=C(Cl)c1cccc(Br)c1. The molecule has 1 unspecified atom stereocenters. The number of rotatable bonds is 14. The fraction of sp³-hybridized carbons (Fsp3) is 0.269. The molecule has 3 amide bonds. The van der Waals surface area contributed by atoms with Crippen LogP contribution in [0.4, 0.5) is 17.6 Å². The highest BCUT2D eigenvalue weighted by Gasteiger charge is 2.49. The lowest BCUT2D eigenvalue weighted by atomic mass is 9.82. The Kier molecular flexibility index (Phi) is 30.9. The van der Waals surface area contributed by atoms with Gasteiger partial charge in [-0.05, 0) is 127 Å². The predicted molar refractivity (Wildman–Crippen MR) is 290 cm³/mol. The van der Waals surface area contributed by atoms with Gasteiger partial charge in [0.2, 0.25) is 0 Å².